The lowest BCUT2D eigenvalue weighted by Gasteiger charge is -2.26. The number of hydrogen-bond donors (Lipinski definition) is 2. The summed E-state index contributed by atoms with van der Waals surface area (Å²) in [4.78, 5) is 6.93. The summed E-state index contributed by atoms with van der Waals surface area (Å²) in [6.07, 6.45) is 1.07. The maximum atomic E-state index is 5.98. The van der Waals surface area contributed by atoms with Gasteiger partial charge in [-0.3, -0.25) is 9.89 Å². The van der Waals surface area contributed by atoms with Crippen molar-refractivity contribution in [1.29, 1.82) is 0 Å². The largest absolute Gasteiger partial charge is 0.379 e. The summed E-state index contributed by atoms with van der Waals surface area (Å²) in [7, 11) is 0. The molecule has 0 amide bonds. The van der Waals surface area contributed by atoms with Crippen LogP contribution in [-0.2, 0) is 10.2 Å². The van der Waals surface area contributed by atoms with Gasteiger partial charge in [-0.2, -0.15) is 0 Å². The van der Waals surface area contributed by atoms with E-state index in [0.29, 0.717) is 12.5 Å². The summed E-state index contributed by atoms with van der Waals surface area (Å²) in [6, 6.07) is 10.4. The first-order chi connectivity index (χ1) is 11.1. The molecule has 0 spiro atoms. The van der Waals surface area contributed by atoms with E-state index in [1.54, 1.807) is 0 Å². The number of benzene rings is 1. The molecule has 1 saturated heterocycles. The number of halogens is 1. The molecule has 6 heteroatoms. The van der Waals surface area contributed by atoms with E-state index in [4.69, 9.17) is 10.5 Å². The Balaban J connectivity index is 0.00000288. The van der Waals surface area contributed by atoms with Crippen LogP contribution in [0.2, 0.25) is 0 Å². The van der Waals surface area contributed by atoms with Gasteiger partial charge in [-0.1, -0.05) is 44.2 Å². The molecule has 0 unspecified atom stereocenters. The fraction of sp³-hybridized carbons (Fsp3) is 0.611. The van der Waals surface area contributed by atoms with Crippen molar-refractivity contribution in [3.63, 3.8) is 0 Å². The van der Waals surface area contributed by atoms with Gasteiger partial charge in [0.05, 0.1) is 19.8 Å². The summed E-state index contributed by atoms with van der Waals surface area (Å²) in [6.45, 7) is 10.8. The van der Waals surface area contributed by atoms with E-state index >= 15 is 0 Å². The lowest BCUT2D eigenvalue weighted by atomic mass is 9.85. The first-order valence-corrected chi connectivity index (χ1v) is 8.47. The molecule has 0 radical (unpaired) electrons. The van der Waals surface area contributed by atoms with Crippen molar-refractivity contribution in [1.82, 2.24) is 10.2 Å². The maximum Gasteiger partial charge on any atom is 0.188 e. The number of nitrogens with two attached hydrogens (primary N) is 1. The van der Waals surface area contributed by atoms with Crippen molar-refractivity contribution in [2.45, 2.75) is 25.7 Å². The second-order valence-electron chi connectivity index (χ2n) is 6.69. The zero-order valence-electron chi connectivity index (χ0n) is 14.8. The van der Waals surface area contributed by atoms with Gasteiger partial charge in [0, 0.05) is 25.0 Å². The minimum atomic E-state index is -0.0125. The molecule has 1 fully saturated rings. The van der Waals surface area contributed by atoms with E-state index in [2.05, 4.69) is 53.3 Å². The molecule has 1 heterocycles. The van der Waals surface area contributed by atoms with Crippen LogP contribution in [-0.4, -0.2) is 56.8 Å². The number of rotatable bonds is 7. The molecule has 1 aromatic carbocycles. The quantitative estimate of drug-likeness (QED) is 0.292. The zero-order chi connectivity index (χ0) is 16.5. The molecule has 1 aliphatic rings. The van der Waals surface area contributed by atoms with Crippen LogP contribution >= 0.6 is 24.0 Å². The van der Waals surface area contributed by atoms with E-state index in [0.717, 1.165) is 45.8 Å². The molecule has 3 N–H and O–H groups in total. The molecule has 0 atom stereocenters. The van der Waals surface area contributed by atoms with Crippen LogP contribution in [0.3, 0.4) is 0 Å². The highest BCUT2D eigenvalue weighted by Gasteiger charge is 2.19. The molecule has 0 aromatic heterocycles. The molecule has 0 aliphatic carbocycles. The summed E-state index contributed by atoms with van der Waals surface area (Å²) in [5.41, 5.74) is 7.25. The minimum absolute atomic E-state index is 0. The topological polar surface area (TPSA) is 62.9 Å². The van der Waals surface area contributed by atoms with Gasteiger partial charge in [-0.05, 0) is 18.5 Å². The summed E-state index contributed by atoms with van der Waals surface area (Å²) in [5.74, 6) is 0.538. The molecule has 1 aromatic rings. The molecule has 0 bridgehead atoms. The van der Waals surface area contributed by atoms with Crippen molar-refractivity contribution >= 4 is 29.9 Å². The molecule has 24 heavy (non-hydrogen) atoms. The molecule has 1 aliphatic heterocycles. The summed E-state index contributed by atoms with van der Waals surface area (Å²) >= 11 is 0. The van der Waals surface area contributed by atoms with Crippen LogP contribution in [0.15, 0.2) is 35.3 Å². The van der Waals surface area contributed by atoms with Crippen LogP contribution < -0.4 is 11.1 Å². The Morgan fingerprint density at radius 2 is 1.92 bits per heavy atom. The Kier molecular flexibility index (Phi) is 9.61. The van der Waals surface area contributed by atoms with E-state index in [9.17, 15) is 0 Å². The Morgan fingerprint density at radius 3 is 2.58 bits per heavy atom. The van der Waals surface area contributed by atoms with Crippen LogP contribution in [0.1, 0.15) is 25.8 Å². The predicted molar refractivity (Wildman–Crippen MR) is 111 cm³/mol. The van der Waals surface area contributed by atoms with Crippen LogP contribution in [0, 0.1) is 0 Å². The summed E-state index contributed by atoms with van der Waals surface area (Å²) in [5, 5.41) is 3.22. The third-order valence-corrected chi connectivity index (χ3v) is 4.26. The van der Waals surface area contributed by atoms with Crippen LogP contribution in [0.5, 0.6) is 0 Å². The van der Waals surface area contributed by atoms with Gasteiger partial charge in [0.1, 0.15) is 0 Å². The number of nitrogens with one attached hydrogen (secondary N) is 1. The van der Waals surface area contributed by atoms with E-state index < -0.39 is 0 Å². The number of aliphatic imine (C=N–C) groups is 1. The van der Waals surface area contributed by atoms with Gasteiger partial charge < -0.3 is 15.8 Å². The van der Waals surface area contributed by atoms with Crippen molar-refractivity contribution in [3.05, 3.63) is 35.9 Å². The third kappa shape index (κ3) is 7.36. The highest BCUT2D eigenvalue weighted by Crippen LogP contribution is 2.22. The standard InChI is InChI=1S/C18H30N4O.HI/c1-18(2,16-7-4-3-5-8-16)15-21-17(19)20-9-6-10-22-11-13-23-14-12-22;/h3-5,7-8H,6,9-15H2,1-2H3,(H3,19,20,21);1H. The van der Waals surface area contributed by atoms with Gasteiger partial charge in [0.25, 0.3) is 0 Å². The number of hydrogen-bond acceptors (Lipinski definition) is 3. The van der Waals surface area contributed by atoms with Crippen LogP contribution in [0.4, 0.5) is 0 Å². The average molecular weight is 446 g/mol. The Hall–Kier alpha value is -0.860. The molecule has 0 saturated carbocycles. The van der Waals surface area contributed by atoms with Gasteiger partial charge in [-0.15, -0.1) is 24.0 Å². The zero-order valence-corrected chi connectivity index (χ0v) is 17.2. The SMILES string of the molecule is CC(C)(CN=C(N)NCCCN1CCOCC1)c1ccccc1.I. The van der Waals surface area contributed by atoms with Crippen molar-refractivity contribution in [2.24, 2.45) is 10.7 Å². The highest BCUT2D eigenvalue weighted by molar-refractivity contribution is 14.0. The fourth-order valence-corrected chi connectivity index (χ4v) is 2.66. The highest BCUT2D eigenvalue weighted by atomic mass is 127. The van der Waals surface area contributed by atoms with Gasteiger partial charge >= 0.3 is 0 Å². The minimum Gasteiger partial charge on any atom is -0.379 e. The number of ether oxygens (including phenoxy) is 1. The maximum absolute atomic E-state index is 5.98. The average Bonchev–Trinajstić information content (AvgIpc) is 2.59. The third-order valence-electron chi connectivity index (χ3n) is 4.26. The van der Waals surface area contributed by atoms with E-state index in [1.165, 1.54) is 5.56 Å². The van der Waals surface area contributed by atoms with Gasteiger partial charge in [0.15, 0.2) is 5.96 Å². The van der Waals surface area contributed by atoms with E-state index in [-0.39, 0.29) is 29.4 Å². The van der Waals surface area contributed by atoms with Crippen molar-refractivity contribution < 1.29 is 4.74 Å². The monoisotopic (exact) mass is 446 g/mol. The molecule has 5 nitrogen and oxygen atoms in total. The first-order valence-electron chi connectivity index (χ1n) is 8.47. The fourth-order valence-electron chi connectivity index (χ4n) is 2.66. The normalized spacial score (nSPS) is 16.5. The predicted octanol–water partition coefficient (Wildman–Crippen LogP) is 2.21. The van der Waals surface area contributed by atoms with E-state index in [1.807, 2.05) is 6.07 Å². The molecular formula is C18H31IN4O. The first kappa shape index (κ1) is 21.2. The number of morpholine rings is 1. The van der Waals surface area contributed by atoms with Gasteiger partial charge in [-0.25, -0.2) is 0 Å². The van der Waals surface area contributed by atoms with Crippen LogP contribution in [0.25, 0.3) is 0 Å². The number of guanidine groups is 1. The Morgan fingerprint density at radius 1 is 1.25 bits per heavy atom. The summed E-state index contributed by atoms with van der Waals surface area (Å²) < 4.78 is 5.35. The molecular weight excluding hydrogens is 415 g/mol. The lowest BCUT2D eigenvalue weighted by Crippen LogP contribution is -2.39. The lowest BCUT2D eigenvalue weighted by molar-refractivity contribution is 0.0376. The Labute approximate surface area is 163 Å². The molecule has 136 valence electrons. The van der Waals surface area contributed by atoms with Gasteiger partial charge in [0.2, 0.25) is 0 Å². The Bertz CT molecular complexity index is 487. The van der Waals surface area contributed by atoms with Crippen molar-refractivity contribution in [2.75, 3.05) is 45.9 Å². The number of nitrogens with zero attached hydrogens (tertiary/aromatic N) is 2. The second kappa shape index (κ2) is 10.9. The van der Waals surface area contributed by atoms with Crippen molar-refractivity contribution in [3.8, 4) is 0 Å². The second-order valence-corrected chi connectivity index (χ2v) is 6.69. The smallest absolute Gasteiger partial charge is 0.188 e. The molecule has 2 rings (SSSR count).